The van der Waals surface area contributed by atoms with E-state index in [-0.39, 0.29) is 0 Å². The average Bonchev–Trinajstić information content (AvgIpc) is 3.12. The van der Waals surface area contributed by atoms with Crippen LogP contribution in [0, 0.1) is 0 Å². The van der Waals surface area contributed by atoms with Crippen molar-refractivity contribution in [1.82, 2.24) is 19.6 Å². The van der Waals surface area contributed by atoms with Crippen molar-refractivity contribution >= 4 is 11.6 Å². The molecule has 0 spiro atoms. The van der Waals surface area contributed by atoms with Crippen molar-refractivity contribution in [3.8, 4) is 11.5 Å². The normalized spacial score (nSPS) is 10.9. The van der Waals surface area contributed by atoms with Gasteiger partial charge in [0, 0.05) is 18.9 Å². The molecule has 0 saturated carbocycles. The molecule has 0 saturated heterocycles. The lowest BCUT2D eigenvalue weighted by Gasteiger charge is -2.05. The maximum absolute atomic E-state index is 6.18. The molecule has 0 aliphatic rings. The minimum absolute atomic E-state index is 0.507. The van der Waals surface area contributed by atoms with Gasteiger partial charge >= 0.3 is 0 Å². The number of nitrogen functional groups attached to an aromatic ring is 1. The monoisotopic (exact) mass is 375 g/mol. The minimum atomic E-state index is 0.507. The van der Waals surface area contributed by atoms with Crippen molar-refractivity contribution in [2.75, 3.05) is 20.0 Å². The van der Waals surface area contributed by atoms with E-state index in [1.54, 1.807) is 18.7 Å². The highest BCUT2D eigenvalue weighted by molar-refractivity contribution is 5.44. The molecule has 142 valence electrons. The van der Waals surface area contributed by atoms with Crippen molar-refractivity contribution in [2.24, 2.45) is 0 Å². The molecule has 2 aromatic heterocycles. The van der Waals surface area contributed by atoms with Gasteiger partial charge in [-0.1, -0.05) is 24.3 Å². The summed E-state index contributed by atoms with van der Waals surface area (Å²) in [6.07, 6.45) is 1.26. The van der Waals surface area contributed by atoms with Gasteiger partial charge in [0.2, 0.25) is 0 Å². The van der Waals surface area contributed by atoms with Crippen LogP contribution in [0.25, 0.3) is 5.78 Å². The van der Waals surface area contributed by atoms with Crippen molar-refractivity contribution in [2.45, 2.75) is 12.8 Å². The minimum Gasteiger partial charge on any atom is -0.497 e. The lowest BCUT2D eigenvalue weighted by Crippen LogP contribution is -2.04. The molecule has 4 aromatic rings. The summed E-state index contributed by atoms with van der Waals surface area (Å²) in [4.78, 5) is 9.17. The highest BCUT2D eigenvalue weighted by Gasteiger charge is 2.11. The predicted octanol–water partition coefficient (Wildman–Crippen LogP) is 2.91. The van der Waals surface area contributed by atoms with Gasteiger partial charge in [-0.05, 0) is 35.4 Å². The Bertz CT molecular complexity index is 1090. The summed E-state index contributed by atoms with van der Waals surface area (Å²) in [5.74, 6) is 3.34. The number of fused-ring (bicyclic) bond motifs is 1. The first-order valence-corrected chi connectivity index (χ1v) is 8.91. The first kappa shape index (κ1) is 17.8. The number of ether oxygens (including phenoxy) is 2. The Kier molecular flexibility index (Phi) is 4.80. The van der Waals surface area contributed by atoms with Gasteiger partial charge in [0.1, 0.15) is 17.3 Å². The highest BCUT2D eigenvalue weighted by Crippen LogP contribution is 2.17. The van der Waals surface area contributed by atoms with E-state index >= 15 is 0 Å². The summed E-state index contributed by atoms with van der Waals surface area (Å²) in [5.41, 5.74) is 9.24. The second-order valence-electron chi connectivity index (χ2n) is 6.46. The third-order valence-electron chi connectivity index (χ3n) is 4.50. The van der Waals surface area contributed by atoms with Crippen LogP contribution in [0.4, 0.5) is 5.82 Å². The van der Waals surface area contributed by atoms with Gasteiger partial charge in [-0.15, -0.1) is 5.10 Å². The van der Waals surface area contributed by atoms with Crippen molar-refractivity contribution < 1.29 is 9.47 Å². The molecule has 2 N–H and O–H groups in total. The van der Waals surface area contributed by atoms with Gasteiger partial charge < -0.3 is 15.2 Å². The lowest BCUT2D eigenvalue weighted by atomic mass is 10.1. The summed E-state index contributed by atoms with van der Waals surface area (Å²) >= 11 is 0. The second kappa shape index (κ2) is 7.56. The van der Waals surface area contributed by atoms with Crippen LogP contribution < -0.4 is 15.2 Å². The second-order valence-corrected chi connectivity index (χ2v) is 6.46. The van der Waals surface area contributed by atoms with Crippen LogP contribution in [0.2, 0.25) is 0 Å². The maximum atomic E-state index is 6.18. The van der Waals surface area contributed by atoms with Crippen LogP contribution in [-0.2, 0) is 12.8 Å². The Balaban J connectivity index is 1.57. The number of hydrogen-bond donors (Lipinski definition) is 1. The molecular weight excluding hydrogens is 354 g/mol. The molecule has 28 heavy (non-hydrogen) atoms. The Labute approximate surface area is 162 Å². The molecule has 7 heteroatoms. The number of nitrogens with zero attached hydrogens (tertiary/aromatic N) is 4. The van der Waals surface area contributed by atoms with E-state index in [4.69, 9.17) is 15.2 Å². The predicted molar refractivity (Wildman–Crippen MR) is 107 cm³/mol. The van der Waals surface area contributed by atoms with E-state index < -0.39 is 0 Å². The Morgan fingerprint density at radius 1 is 0.821 bits per heavy atom. The number of rotatable bonds is 6. The zero-order chi connectivity index (χ0) is 19.5. The molecule has 0 bridgehead atoms. The fraction of sp³-hybridized carbons (Fsp3) is 0.190. The van der Waals surface area contributed by atoms with Crippen LogP contribution in [0.1, 0.15) is 22.6 Å². The van der Waals surface area contributed by atoms with Crippen molar-refractivity contribution in [1.29, 1.82) is 0 Å². The van der Waals surface area contributed by atoms with Crippen LogP contribution in [-0.4, -0.2) is 33.8 Å². The molecule has 4 rings (SSSR count). The molecular formula is C21H21N5O2. The van der Waals surface area contributed by atoms with E-state index in [9.17, 15) is 0 Å². The molecule has 0 atom stereocenters. The standard InChI is InChI=1S/C21H21N5O2/c1-27-17-7-3-14(4-8-17)11-16-13-19(22)26-21(23-16)24-20(25-26)12-15-5-9-18(28-2)10-6-15/h3-10,13H,11-12,22H2,1-2H3. The van der Waals surface area contributed by atoms with Crippen LogP contribution in [0.3, 0.4) is 0 Å². The van der Waals surface area contributed by atoms with Gasteiger partial charge in [-0.25, -0.2) is 4.98 Å². The van der Waals surface area contributed by atoms with Gasteiger partial charge in [-0.3, -0.25) is 0 Å². The molecule has 0 unspecified atom stereocenters. The molecule has 0 aliphatic carbocycles. The van der Waals surface area contributed by atoms with Crippen LogP contribution in [0.15, 0.2) is 54.6 Å². The molecule has 0 radical (unpaired) electrons. The number of anilines is 1. The smallest absolute Gasteiger partial charge is 0.254 e. The van der Waals surface area contributed by atoms with Gasteiger partial charge in [0.05, 0.1) is 19.9 Å². The maximum Gasteiger partial charge on any atom is 0.254 e. The summed E-state index contributed by atoms with van der Waals surface area (Å²) in [6, 6.07) is 17.6. The number of methoxy groups -OCH3 is 2. The Morgan fingerprint density at radius 3 is 1.96 bits per heavy atom. The largest absolute Gasteiger partial charge is 0.497 e. The molecule has 7 nitrogen and oxygen atoms in total. The lowest BCUT2D eigenvalue weighted by molar-refractivity contribution is 0.414. The van der Waals surface area contributed by atoms with Crippen molar-refractivity contribution in [3.63, 3.8) is 0 Å². The van der Waals surface area contributed by atoms with Gasteiger partial charge in [0.25, 0.3) is 5.78 Å². The molecule has 2 aromatic carbocycles. The number of nitrogens with two attached hydrogens (primary N) is 1. The Hall–Kier alpha value is -3.61. The summed E-state index contributed by atoms with van der Waals surface area (Å²) in [6.45, 7) is 0. The van der Waals surface area contributed by atoms with E-state index in [1.165, 1.54) is 0 Å². The summed E-state index contributed by atoms with van der Waals surface area (Å²) < 4.78 is 12.0. The number of aromatic nitrogens is 4. The molecule has 0 amide bonds. The van der Waals surface area contributed by atoms with Gasteiger partial charge in [-0.2, -0.15) is 9.50 Å². The molecule has 2 heterocycles. The van der Waals surface area contributed by atoms with Crippen molar-refractivity contribution in [3.05, 3.63) is 77.2 Å². The van der Waals surface area contributed by atoms with Crippen LogP contribution >= 0.6 is 0 Å². The number of hydrogen-bond acceptors (Lipinski definition) is 6. The SMILES string of the molecule is COc1ccc(Cc2cc(N)n3nc(Cc4ccc(OC)cc4)nc3n2)cc1. The average molecular weight is 375 g/mol. The van der Waals surface area contributed by atoms with E-state index in [0.29, 0.717) is 30.3 Å². The first-order valence-electron chi connectivity index (χ1n) is 8.91. The fourth-order valence-corrected chi connectivity index (χ4v) is 3.03. The third kappa shape index (κ3) is 3.73. The van der Waals surface area contributed by atoms with Gasteiger partial charge in [0.15, 0.2) is 5.82 Å². The zero-order valence-corrected chi connectivity index (χ0v) is 15.8. The summed E-state index contributed by atoms with van der Waals surface area (Å²) in [7, 11) is 3.30. The quantitative estimate of drug-likeness (QED) is 0.558. The molecule has 0 aliphatic heterocycles. The van der Waals surface area contributed by atoms with E-state index in [2.05, 4.69) is 15.1 Å². The number of benzene rings is 2. The third-order valence-corrected chi connectivity index (χ3v) is 4.50. The Morgan fingerprint density at radius 2 is 1.39 bits per heavy atom. The highest BCUT2D eigenvalue weighted by atomic mass is 16.5. The first-order chi connectivity index (χ1) is 13.6. The summed E-state index contributed by atoms with van der Waals surface area (Å²) in [5, 5.41) is 4.49. The van der Waals surface area contributed by atoms with E-state index in [1.807, 2.05) is 54.6 Å². The van der Waals surface area contributed by atoms with E-state index in [0.717, 1.165) is 28.3 Å². The zero-order valence-electron chi connectivity index (χ0n) is 15.8. The molecule has 0 fully saturated rings. The topological polar surface area (TPSA) is 87.6 Å². The van der Waals surface area contributed by atoms with Crippen LogP contribution in [0.5, 0.6) is 11.5 Å². The fourth-order valence-electron chi connectivity index (χ4n) is 3.03.